The van der Waals surface area contributed by atoms with Gasteiger partial charge in [0.1, 0.15) is 0 Å². The molecular weight excluding hydrogens is 406 g/mol. The van der Waals surface area contributed by atoms with Crippen LogP contribution in [-0.4, -0.2) is 32.1 Å². The summed E-state index contributed by atoms with van der Waals surface area (Å²) >= 11 is 1.48. The summed E-state index contributed by atoms with van der Waals surface area (Å²) in [6.45, 7) is 2.48. The number of rotatable bonds is 6. The number of anilines is 2. The summed E-state index contributed by atoms with van der Waals surface area (Å²) in [5.74, 6) is 0.738. The monoisotopic (exact) mass is 433 g/mol. The molecule has 6 nitrogen and oxygen atoms in total. The number of thiazole rings is 1. The molecule has 0 saturated heterocycles. The van der Waals surface area contributed by atoms with E-state index in [2.05, 4.69) is 10.3 Å². The van der Waals surface area contributed by atoms with Crippen LogP contribution in [0, 0.1) is 12.8 Å². The van der Waals surface area contributed by atoms with Gasteiger partial charge in [-0.05, 0) is 43.4 Å². The van der Waals surface area contributed by atoms with Crippen LogP contribution in [0.25, 0.3) is 11.3 Å². The van der Waals surface area contributed by atoms with Crippen molar-refractivity contribution in [2.45, 2.75) is 51.9 Å². The highest BCUT2D eigenvalue weighted by molar-refractivity contribution is 7.92. The maximum Gasteiger partial charge on any atom is 0.232 e. The van der Waals surface area contributed by atoms with E-state index in [9.17, 15) is 13.2 Å². The van der Waals surface area contributed by atoms with Gasteiger partial charge in [0.25, 0.3) is 0 Å². The molecular formula is C21H27N3O3S2. The maximum absolute atomic E-state index is 12.3. The van der Waals surface area contributed by atoms with Gasteiger partial charge >= 0.3 is 0 Å². The first-order chi connectivity index (χ1) is 13.8. The van der Waals surface area contributed by atoms with Gasteiger partial charge in [0, 0.05) is 23.4 Å². The summed E-state index contributed by atoms with van der Waals surface area (Å²) in [6.07, 6.45) is 8.55. The number of hydrogen-bond acceptors (Lipinski definition) is 5. The van der Waals surface area contributed by atoms with Gasteiger partial charge in [-0.15, -0.1) is 11.3 Å². The molecule has 2 aliphatic rings. The third kappa shape index (κ3) is 4.48. The van der Waals surface area contributed by atoms with Crippen molar-refractivity contribution in [3.05, 3.63) is 28.6 Å². The molecule has 0 unspecified atom stereocenters. The highest BCUT2D eigenvalue weighted by Crippen LogP contribution is 2.36. The SMILES string of the molecule is Cc1sc(NC(=O)CCC2CCCC2)nc1-c1ccc2c(c1)CCN2S(C)(=O)=O. The number of carbonyl (C=O) groups is 1. The largest absolute Gasteiger partial charge is 0.302 e. The molecule has 1 amide bonds. The van der Waals surface area contributed by atoms with E-state index in [4.69, 9.17) is 0 Å². The van der Waals surface area contributed by atoms with Crippen molar-refractivity contribution in [2.75, 3.05) is 22.4 Å². The average molecular weight is 434 g/mol. The first kappa shape index (κ1) is 20.3. The van der Waals surface area contributed by atoms with E-state index >= 15 is 0 Å². The Labute approximate surface area is 176 Å². The normalized spacial score (nSPS) is 17.0. The van der Waals surface area contributed by atoms with Crippen LogP contribution in [0.3, 0.4) is 0 Å². The Balaban J connectivity index is 1.46. The molecule has 156 valence electrons. The lowest BCUT2D eigenvalue weighted by Gasteiger charge is -2.16. The molecule has 1 aromatic carbocycles. The number of nitrogens with one attached hydrogen (secondary N) is 1. The lowest BCUT2D eigenvalue weighted by molar-refractivity contribution is -0.116. The first-order valence-electron chi connectivity index (χ1n) is 10.2. The Bertz CT molecular complexity index is 1020. The van der Waals surface area contributed by atoms with Crippen molar-refractivity contribution in [3.8, 4) is 11.3 Å². The van der Waals surface area contributed by atoms with E-state index in [-0.39, 0.29) is 5.91 Å². The minimum atomic E-state index is -3.25. The third-order valence-corrected chi connectivity index (χ3v) is 7.97. The zero-order valence-electron chi connectivity index (χ0n) is 16.9. The molecule has 0 radical (unpaired) electrons. The molecule has 4 rings (SSSR count). The zero-order valence-corrected chi connectivity index (χ0v) is 18.5. The van der Waals surface area contributed by atoms with Crippen molar-refractivity contribution in [1.29, 1.82) is 0 Å². The topological polar surface area (TPSA) is 79.4 Å². The molecule has 1 aliphatic carbocycles. The van der Waals surface area contributed by atoms with Crippen LogP contribution >= 0.6 is 11.3 Å². The number of amides is 1. The third-order valence-electron chi connectivity index (χ3n) is 5.90. The van der Waals surface area contributed by atoms with E-state index in [1.54, 1.807) is 0 Å². The number of carbonyl (C=O) groups excluding carboxylic acids is 1. The number of benzene rings is 1. The number of hydrogen-bond donors (Lipinski definition) is 1. The molecule has 1 saturated carbocycles. The molecule has 2 aromatic rings. The van der Waals surface area contributed by atoms with Crippen LogP contribution < -0.4 is 9.62 Å². The van der Waals surface area contributed by atoms with Crippen molar-refractivity contribution in [2.24, 2.45) is 5.92 Å². The number of fused-ring (bicyclic) bond motifs is 1. The van der Waals surface area contributed by atoms with Crippen molar-refractivity contribution >= 4 is 38.1 Å². The lowest BCUT2D eigenvalue weighted by Crippen LogP contribution is -2.27. The van der Waals surface area contributed by atoms with Gasteiger partial charge in [-0.1, -0.05) is 31.7 Å². The molecule has 2 heterocycles. The van der Waals surface area contributed by atoms with Crippen molar-refractivity contribution in [3.63, 3.8) is 0 Å². The second kappa shape index (κ2) is 8.07. The van der Waals surface area contributed by atoms with Crippen LogP contribution in [0.1, 0.15) is 49.0 Å². The van der Waals surface area contributed by atoms with Crippen LogP contribution in [0.2, 0.25) is 0 Å². The minimum absolute atomic E-state index is 0.0370. The summed E-state index contributed by atoms with van der Waals surface area (Å²) in [5.41, 5.74) is 3.58. The molecule has 1 aliphatic heterocycles. The van der Waals surface area contributed by atoms with Gasteiger partial charge in [-0.2, -0.15) is 0 Å². The summed E-state index contributed by atoms with van der Waals surface area (Å²) < 4.78 is 25.3. The van der Waals surface area contributed by atoms with Crippen molar-refractivity contribution in [1.82, 2.24) is 4.98 Å². The van der Waals surface area contributed by atoms with Gasteiger partial charge < -0.3 is 5.32 Å². The highest BCUT2D eigenvalue weighted by atomic mass is 32.2. The smallest absolute Gasteiger partial charge is 0.232 e. The van der Waals surface area contributed by atoms with E-state index < -0.39 is 10.0 Å². The molecule has 1 fully saturated rings. The van der Waals surface area contributed by atoms with E-state index in [1.807, 2.05) is 25.1 Å². The zero-order chi connectivity index (χ0) is 20.6. The minimum Gasteiger partial charge on any atom is -0.302 e. The van der Waals surface area contributed by atoms with E-state index in [0.717, 1.165) is 33.8 Å². The maximum atomic E-state index is 12.3. The van der Waals surface area contributed by atoms with Gasteiger partial charge in [0.2, 0.25) is 15.9 Å². The van der Waals surface area contributed by atoms with Gasteiger partial charge in [-0.3, -0.25) is 9.10 Å². The Morgan fingerprint density at radius 3 is 2.79 bits per heavy atom. The first-order valence-corrected chi connectivity index (χ1v) is 12.9. The summed E-state index contributed by atoms with van der Waals surface area (Å²) in [6, 6.07) is 5.79. The molecule has 8 heteroatoms. The van der Waals surface area contributed by atoms with Crippen LogP contribution in [0.4, 0.5) is 10.8 Å². The predicted molar refractivity (Wildman–Crippen MR) is 118 cm³/mol. The molecule has 0 atom stereocenters. The fourth-order valence-corrected chi connectivity index (χ4v) is 6.21. The number of aromatic nitrogens is 1. The number of aryl methyl sites for hydroxylation is 1. The predicted octanol–water partition coefficient (Wildman–Crippen LogP) is 4.35. The van der Waals surface area contributed by atoms with Gasteiger partial charge in [-0.25, -0.2) is 13.4 Å². The summed E-state index contributed by atoms with van der Waals surface area (Å²) in [5, 5.41) is 3.59. The van der Waals surface area contributed by atoms with Crippen molar-refractivity contribution < 1.29 is 13.2 Å². The number of nitrogens with zero attached hydrogens (tertiary/aromatic N) is 2. The second-order valence-electron chi connectivity index (χ2n) is 8.09. The summed E-state index contributed by atoms with van der Waals surface area (Å²) in [4.78, 5) is 18.0. The fourth-order valence-electron chi connectivity index (χ4n) is 4.40. The summed E-state index contributed by atoms with van der Waals surface area (Å²) in [7, 11) is -3.25. The Morgan fingerprint density at radius 1 is 1.31 bits per heavy atom. The molecule has 0 spiro atoms. The Kier molecular flexibility index (Phi) is 5.66. The van der Waals surface area contributed by atoms with Crippen LogP contribution in [-0.2, 0) is 21.2 Å². The average Bonchev–Trinajstić information content (AvgIpc) is 3.38. The van der Waals surface area contributed by atoms with E-state index in [0.29, 0.717) is 30.4 Å². The van der Waals surface area contributed by atoms with Gasteiger partial charge in [0.15, 0.2) is 5.13 Å². The van der Waals surface area contributed by atoms with Crippen LogP contribution in [0.5, 0.6) is 0 Å². The molecule has 1 N–H and O–H groups in total. The number of sulfonamides is 1. The standard InChI is InChI=1S/C21H27N3O3S2/c1-14-20(17-8-9-18-16(13-17)11-12-24(18)29(2,26)27)23-21(28-14)22-19(25)10-7-15-5-3-4-6-15/h8-9,13,15H,3-7,10-12H2,1-2H3,(H,22,23,25). The molecule has 0 bridgehead atoms. The second-order valence-corrected chi connectivity index (χ2v) is 11.2. The lowest BCUT2D eigenvalue weighted by atomic mass is 10.0. The van der Waals surface area contributed by atoms with Crippen LogP contribution in [0.15, 0.2) is 18.2 Å². The quantitative estimate of drug-likeness (QED) is 0.734. The Morgan fingerprint density at radius 2 is 2.07 bits per heavy atom. The van der Waals surface area contributed by atoms with E-state index in [1.165, 1.54) is 47.6 Å². The Hall–Kier alpha value is -1.93. The highest BCUT2D eigenvalue weighted by Gasteiger charge is 2.26. The molecule has 29 heavy (non-hydrogen) atoms. The fraction of sp³-hybridized carbons (Fsp3) is 0.524. The van der Waals surface area contributed by atoms with Gasteiger partial charge in [0.05, 0.1) is 17.6 Å². The molecule has 1 aromatic heterocycles.